The van der Waals surface area contributed by atoms with Gasteiger partial charge in [-0.15, -0.1) is 0 Å². The summed E-state index contributed by atoms with van der Waals surface area (Å²) in [6.45, 7) is 4.28. The monoisotopic (exact) mass is 311 g/mol. The summed E-state index contributed by atoms with van der Waals surface area (Å²) < 4.78 is 31.7. The van der Waals surface area contributed by atoms with Gasteiger partial charge in [0.25, 0.3) is 0 Å². The molecule has 1 aromatic rings. The van der Waals surface area contributed by atoms with Crippen molar-refractivity contribution in [3.63, 3.8) is 0 Å². The van der Waals surface area contributed by atoms with Gasteiger partial charge in [0.05, 0.1) is 5.60 Å². The molecule has 0 aliphatic rings. The van der Waals surface area contributed by atoms with E-state index in [-0.39, 0.29) is 5.60 Å². The molecule has 1 aromatic carbocycles. The van der Waals surface area contributed by atoms with Crippen LogP contribution in [0.15, 0.2) is 18.2 Å². The second kappa shape index (κ2) is 9.31. The lowest BCUT2D eigenvalue weighted by molar-refractivity contribution is 0.0583. The van der Waals surface area contributed by atoms with Gasteiger partial charge in [-0.1, -0.05) is 39.2 Å². The van der Waals surface area contributed by atoms with Crippen LogP contribution in [-0.4, -0.2) is 16.1 Å². The first-order valence-electron chi connectivity index (χ1n) is 7.85. The van der Waals surface area contributed by atoms with E-state index in [1.807, 2.05) is 0 Å². The van der Waals surface area contributed by atoms with Crippen molar-refractivity contribution >= 4 is 10.5 Å². The molecule has 1 nitrogen and oxygen atoms in total. The van der Waals surface area contributed by atoms with Crippen molar-refractivity contribution in [2.75, 3.05) is 0 Å². The molecule has 0 bridgehead atoms. The Morgan fingerprint density at radius 1 is 1.05 bits per heavy atom. The van der Waals surface area contributed by atoms with E-state index in [4.69, 9.17) is 4.43 Å². The molecular formula is C17H25F2OSi. The van der Waals surface area contributed by atoms with Gasteiger partial charge in [0.15, 0.2) is 0 Å². The summed E-state index contributed by atoms with van der Waals surface area (Å²) in [6.07, 6.45) is 7.91. The summed E-state index contributed by atoms with van der Waals surface area (Å²) in [6, 6.07) is 3.82. The zero-order valence-electron chi connectivity index (χ0n) is 13.1. The third-order valence-electron chi connectivity index (χ3n) is 4.35. The molecule has 0 N–H and O–H groups in total. The average molecular weight is 311 g/mol. The van der Waals surface area contributed by atoms with Crippen molar-refractivity contribution in [2.45, 2.75) is 70.8 Å². The van der Waals surface area contributed by atoms with Gasteiger partial charge in [-0.05, 0) is 43.7 Å². The highest BCUT2D eigenvalue weighted by Crippen LogP contribution is 2.26. The van der Waals surface area contributed by atoms with Gasteiger partial charge in [0, 0.05) is 6.07 Å². The molecule has 0 unspecified atom stereocenters. The van der Waals surface area contributed by atoms with Gasteiger partial charge in [-0.3, -0.25) is 0 Å². The summed E-state index contributed by atoms with van der Waals surface area (Å²) in [5.74, 6) is -0.945. The van der Waals surface area contributed by atoms with Crippen LogP contribution in [0.4, 0.5) is 8.78 Å². The van der Waals surface area contributed by atoms with Gasteiger partial charge in [0.1, 0.15) is 11.6 Å². The molecule has 0 aliphatic heterocycles. The van der Waals surface area contributed by atoms with E-state index in [0.717, 1.165) is 51.0 Å². The third-order valence-corrected chi connectivity index (χ3v) is 4.78. The largest absolute Gasteiger partial charge is 0.413 e. The molecule has 0 saturated heterocycles. The molecule has 0 atom stereocenters. The second-order valence-corrected chi connectivity index (χ2v) is 5.85. The maximum Gasteiger partial charge on any atom is 0.247 e. The number of aryl methyl sites for hydroxylation is 1. The van der Waals surface area contributed by atoms with Gasteiger partial charge >= 0.3 is 0 Å². The minimum Gasteiger partial charge on any atom is -0.413 e. The summed E-state index contributed by atoms with van der Waals surface area (Å²) in [7, 11) is 3.20. The highest BCUT2D eigenvalue weighted by Gasteiger charge is 2.23. The predicted molar refractivity (Wildman–Crippen MR) is 83.3 cm³/mol. The van der Waals surface area contributed by atoms with Crippen molar-refractivity contribution in [1.82, 2.24) is 0 Å². The van der Waals surface area contributed by atoms with E-state index in [1.54, 1.807) is 6.07 Å². The molecule has 117 valence electrons. The number of hydrogen-bond donors (Lipinski definition) is 0. The number of rotatable bonds is 10. The van der Waals surface area contributed by atoms with Gasteiger partial charge in [-0.2, -0.15) is 0 Å². The van der Waals surface area contributed by atoms with Crippen LogP contribution >= 0.6 is 0 Å². The fourth-order valence-corrected chi connectivity index (χ4v) is 3.03. The highest BCUT2D eigenvalue weighted by atomic mass is 28.2. The zero-order chi connectivity index (χ0) is 15.7. The summed E-state index contributed by atoms with van der Waals surface area (Å²) in [5, 5.41) is 0. The van der Waals surface area contributed by atoms with Crippen LogP contribution in [0, 0.1) is 11.6 Å². The van der Waals surface area contributed by atoms with Crippen LogP contribution < -0.4 is 0 Å². The Labute approximate surface area is 130 Å². The number of unbranched alkanes of at least 4 members (excludes halogenated alkanes) is 3. The summed E-state index contributed by atoms with van der Waals surface area (Å²) >= 11 is 0. The topological polar surface area (TPSA) is 9.23 Å². The average Bonchev–Trinajstić information content (AvgIpc) is 2.49. The molecule has 0 spiro atoms. The minimum atomic E-state index is -0.513. The molecule has 0 aliphatic carbocycles. The first-order chi connectivity index (χ1) is 10.1. The molecule has 0 saturated carbocycles. The second-order valence-electron chi connectivity index (χ2n) is 5.64. The van der Waals surface area contributed by atoms with E-state index in [1.165, 1.54) is 6.07 Å². The molecule has 1 rings (SSSR count). The maximum absolute atomic E-state index is 13.5. The van der Waals surface area contributed by atoms with Crippen molar-refractivity contribution in [3.05, 3.63) is 35.4 Å². The molecule has 3 radical (unpaired) electrons. The third kappa shape index (κ3) is 5.87. The van der Waals surface area contributed by atoms with E-state index in [2.05, 4.69) is 24.3 Å². The van der Waals surface area contributed by atoms with Crippen LogP contribution in [-0.2, 0) is 10.8 Å². The first-order valence-corrected chi connectivity index (χ1v) is 8.26. The SMILES string of the molecule is CCC(CC)(CCCCCCc1ccc(F)cc1F)O[Si]. The Hall–Kier alpha value is -0.743. The zero-order valence-corrected chi connectivity index (χ0v) is 14.1. The van der Waals surface area contributed by atoms with Crippen molar-refractivity contribution in [1.29, 1.82) is 0 Å². The Morgan fingerprint density at radius 3 is 2.29 bits per heavy atom. The normalized spacial score (nSPS) is 11.9. The number of halogens is 2. The maximum atomic E-state index is 13.5. The van der Waals surface area contributed by atoms with E-state index >= 15 is 0 Å². The highest BCUT2D eigenvalue weighted by molar-refractivity contribution is 5.98. The quantitative estimate of drug-likeness (QED) is 0.430. The van der Waals surface area contributed by atoms with E-state index in [9.17, 15) is 8.78 Å². The van der Waals surface area contributed by atoms with Crippen molar-refractivity contribution in [3.8, 4) is 0 Å². The fraction of sp³-hybridized carbons (Fsp3) is 0.647. The number of benzene rings is 1. The lowest BCUT2D eigenvalue weighted by Gasteiger charge is -2.30. The van der Waals surface area contributed by atoms with Crippen LogP contribution in [0.25, 0.3) is 0 Å². The van der Waals surface area contributed by atoms with Crippen LogP contribution in [0.1, 0.15) is 64.4 Å². The Kier molecular flexibility index (Phi) is 8.12. The Balaban J connectivity index is 2.23. The van der Waals surface area contributed by atoms with Crippen LogP contribution in [0.3, 0.4) is 0 Å². The Bertz CT molecular complexity index is 411. The van der Waals surface area contributed by atoms with Gasteiger partial charge < -0.3 is 4.43 Å². The summed E-state index contributed by atoms with van der Waals surface area (Å²) in [5.41, 5.74) is 0.552. The van der Waals surface area contributed by atoms with E-state index in [0.29, 0.717) is 12.0 Å². The molecule has 0 amide bonds. The first kappa shape index (κ1) is 18.3. The van der Waals surface area contributed by atoms with Gasteiger partial charge in [-0.25, -0.2) is 8.78 Å². The fourth-order valence-electron chi connectivity index (χ4n) is 2.64. The number of hydrogen-bond acceptors (Lipinski definition) is 1. The van der Waals surface area contributed by atoms with Gasteiger partial charge in [0.2, 0.25) is 10.5 Å². The molecular weight excluding hydrogens is 286 g/mol. The summed E-state index contributed by atoms with van der Waals surface area (Å²) in [4.78, 5) is 0. The molecule has 0 heterocycles. The van der Waals surface area contributed by atoms with Crippen molar-refractivity contribution in [2.24, 2.45) is 0 Å². The lowest BCUT2D eigenvalue weighted by atomic mass is 9.90. The van der Waals surface area contributed by atoms with Crippen LogP contribution in [0.5, 0.6) is 0 Å². The van der Waals surface area contributed by atoms with E-state index < -0.39 is 11.6 Å². The standard InChI is InChI=1S/C17H25F2OSi/c1-3-17(4-2,20-21)12-8-6-5-7-9-14-10-11-15(18)13-16(14)19/h10-11,13H,3-9,12H2,1-2H3. The lowest BCUT2D eigenvalue weighted by Crippen LogP contribution is -2.30. The molecule has 0 aromatic heterocycles. The predicted octanol–water partition coefficient (Wildman–Crippen LogP) is 5.12. The minimum absolute atomic E-state index is 0.0556. The van der Waals surface area contributed by atoms with Crippen LogP contribution in [0.2, 0.25) is 0 Å². The smallest absolute Gasteiger partial charge is 0.247 e. The van der Waals surface area contributed by atoms with Crippen molar-refractivity contribution < 1.29 is 13.2 Å². The Morgan fingerprint density at radius 2 is 1.71 bits per heavy atom. The molecule has 4 heteroatoms. The molecule has 21 heavy (non-hydrogen) atoms. The molecule has 0 fully saturated rings.